The van der Waals surface area contributed by atoms with Gasteiger partial charge >= 0.3 is 0 Å². The van der Waals surface area contributed by atoms with Gasteiger partial charge in [0.25, 0.3) is 0 Å². The van der Waals surface area contributed by atoms with E-state index < -0.39 is 0 Å². The summed E-state index contributed by atoms with van der Waals surface area (Å²) in [5, 5.41) is 10.2. The average molecular weight is 257 g/mol. The summed E-state index contributed by atoms with van der Waals surface area (Å²) in [6.07, 6.45) is 1.68. The van der Waals surface area contributed by atoms with E-state index in [1.165, 1.54) is 11.5 Å². The maximum absolute atomic E-state index is 9.27. The SMILES string of the molecule is CCOc1c(N)nsc1N(C)CC1CC(O)C1. The standard InChI is InChI=1S/C11H19N3O2S/c1-3-16-9-10(12)13-17-11(9)14(2)6-7-4-8(15)5-7/h7-8,15H,3-6H2,1-2H3,(H2,12,13). The van der Waals surface area contributed by atoms with Gasteiger partial charge in [0, 0.05) is 13.6 Å². The normalized spacial score (nSPS) is 23.2. The van der Waals surface area contributed by atoms with E-state index >= 15 is 0 Å². The highest BCUT2D eigenvalue weighted by atomic mass is 32.1. The molecule has 3 N–H and O–H groups in total. The predicted molar refractivity (Wildman–Crippen MR) is 69.7 cm³/mol. The molecule has 2 rings (SSSR count). The smallest absolute Gasteiger partial charge is 0.197 e. The highest BCUT2D eigenvalue weighted by Crippen LogP contribution is 2.39. The molecule has 0 aromatic carbocycles. The summed E-state index contributed by atoms with van der Waals surface area (Å²) in [5.74, 6) is 1.72. The van der Waals surface area contributed by atoms with E-state index in [1.54, 1.807) is 0 Å². The van der Waals surface area contributed by atoms with Crippen LogP contribution >= 0.6 is 11.5 Å². The zero-order valence-corrected chi connectivity index (χ0v) is 11.0. The van der Waals surface area contributed by atoms with Crippen LogP contribution in [0.3, 0.4) is 0 Å². The molecular weight excluding hydrogens is 238 g/mol. The van der Waals surface area contributed by atoms with E-state index in [0.29, 0.717) is 24.1 Å². The number of anilines is 2. The Bertz CT molecular complexity index is 377. The molecule has 0 spiro atoms. The van der Waals surface area contributed by atoms with Crippen molar-refractivity contribution in [2.45, 2.75) is 25.9 Å². The molecule has 0 unspecified atom stereocenters. The zero-order valence-electron chi connectivity index (χ0n) is 10.2. The highest BCUT2D eigenvalue weighted by Gasteiger charge is 2.29. The number of nitrogens with two attached hydrogens (primary N) is 1. The fourth-order valence-corrected chi connectivity index (χ4v) is 2.86. The van der Waals surface area contributed by atoms with Gasteiger partial charge < -0.3 is 20.5 Å². The van der Waals surface area contributed by atoms with Crippen LogP contribution in [-0.4, -0.2) is 35.8 Å². The third-order valence-electron chi connectivity index (χ3n) is 3.04. The van der Waals surface area contributed by atoms with Crippen LogP contribution in [0.15, 0.2) is 0 Å². The maximum atomic E-state index is 9.27. The first kappa shape index (κ1) is 12.4. The Kier molecular flexibility index (Phi) is 3.73. The lowest BCUT2D eigenvalue weighted by molar-refractivity contribution is 0.0465. The second-order valence-corrected chi connectivity index (χ2v) is 5.26. The number of hydrogen-bond acceptors (Lipinski definition) is 6. The van der Waals surface area contributed by atoms with Crippen LogP contribution in [0, 0.1) is 5.92 Å². The van der Waals surface area contributed by atoms with Crippen molar-refractivity contribution in [2.24, 2.45) is 5.92 Å². The molecule has 1 fully saturated rings. The van der Waals surface area contributed by atoms with Crippen LogP contribution in [0.25, 0.3) is 0 Å². The first-order valence-electron chi connectivity index (χ1n) is 5.89. The van der Waals surface area contributed by atoms with Crippen molar-refractivity contribution in [3.63, 3.8) is 0 Å². The van der Waals surface area contributed by atoms with Crippen molar-refractivity contribution in [2.75, 3.05) is 30.8 Å². The molecule has 96 valence electrons. The van der Waals surface area contributed by atoms with Gasteiger partial charge in [-0.25, -0.2) is 0 Å². The molecule has 1 aromatic heterocycles. The van der Waals surface area contributed by atoms with Gasteiger partial charge in [-0.2, -0.15) is 4.37 Å². The number of aliphatic hydroxyl groups excluding tert-OH is 1. The molecule has 0 atom stereocenters. The number of nitrogen functional groups attached to an aromatic ring is 1. The Labute approximate surface area is 105 Å². The van der Waals surface area contributed by atoms with Crippen molar-refractivity contribution >= 4 is 22.4 Å². The number of rotatable bonds is 5. The van der Waals surface area contributed by atoms with Crippen molar-refractivity contribution in [1.82, 2.24) is 4.37 Å². The van der Waals surface area contributed by atoms with Gasteiger partial charge in [-0.05, 0) is 37.2 Å². The summed E-state index contributed by atoms with van der Waals surface area (Å²) in [6.45, 7) is 3.44. The van der Waals surface area contributed by atoms with E-state index in [-0.39, 0.29) is 6.10 Å². The van der Waals surface area contributed by atoms with Gasteiger partial charge in [0.2, 0.25) is 0 Å². The summed E-state index contributed by atoms with van der Waals surface area (Å²) < 4.78 is 9.64. The number of aromatic nitrogens is 1. The first-order chi connectivity index (χ1) is 8.11. The molecule has 6 heteroatoms. The Morgan fingerprint density at radius 3 is 2.88 bits per heavy atom. The number of hydrogen-bond donors (Lipinski definition) is 2. The average Bonchev–Trinajstić information content (AvgIpc) is 2.59. The minimum Gasteiger partial charge on any atom is -0.487 e. The molecule has 1 heterocycles. The molecule has 17 heavy (non-hydrogen) atoms. The maximum Gasteiger partial charge on any atom is 0.197 e. The Balaban J connectivity index is 2.00. The van der Waals surface area contributed by atoms with E-state index in [4.69, 9.17) is 10.5 Å². The lowest BCUT2D eigenvalue weighted by Gasteiger charge is -2.34. The largest absolute Gasteiger partial charge is 0.487 e. The monoisotopic (exact) mass is 257 g/mol. The Hall–Kier alpha value is -1.01. The van der Waals surface area contributed by atoms with E-state index in [1.807, 2.05) is 14.0 Å². The van der Waals surface area contributed by atoms with Crippen LogP contribution in [0.1, 0.15) is 19.8 Å². The lowest BCUT2D eigenvalue weighted by Crippen LogP contribution is -2.36. The second-order valence-electron chi connectivity index (χ2n) is 4.51. The van der Waals surface area contributed by atoms with Crippen LogP contribution in [0.4, 0.5) is 10.8 Å². The van der Waals surface area contributed by atoms with Crippen LogP contribution in [-0.2, 0) is 0 Å². The molecule has 0 saturated heterocycles. The van der Waals surface area contributed by atoms with Gasteiger partial charge in [-0.15, -0.1) is 0 Å². The first-order valence-corrected chi connectivity index (χ1v) is 6.66. The Morgan fingerprint density at radius 2 is 2.29 bits per heavy atom. The molecule has 1 aliphatic rings. The molecule has 1 aliphatic carbocycles. The van der Waals surface area contributed by atoms with Crippen LogP contribution in [0.5, 0.6) is 5.75 Å². The predicted octanol–water partition coefficient (Wildman–Crippen LogP) is 1.33. The van der Waals surface area contributed by atoms with E-state index in [9.17, 15) is 5.11 Å². The molecule has 0 aliphatic heterocycles. The van der Waals surface area contributed by atoms with Gasteiger partial charge in [0.1, 0.15) is 0 Å². The molecule has 0 amide bonds. The minimum absolute atomic E-state index is 0.105. The number of nitrogens with zero attached hydrogens (tertiary/aromatic N) is 2. The molecule has 1 aromatic rings. The zero-order chi connectivity index (χ0) is 12.4. The van der Waals surface area contributed by atoms with E-state index in [2.05, 4.69) is 9.27 Å². The molecule has 0 bridgehead atoms. The number of ether oxygens (including phenoxy) is 1. The molecular formula is C11H19N3O2S. The summed E-state index contributed by atoms with van der Waals surface area (Å²) in [4.78, 5) is 2.12. The quantitative estimate of drug-likeness (QED) is 0.832. The highest BCUT2D eigenvalue weighted by molar-refractivity contribution is 7.11. The second kappa shape index (κ2) is 5.10. The van der Waals surface area contributed by atoms with Crippen LogP contribution < -0.4 is 15.4 Å². The minimum atomic E-state index is -0.105. The molecule has 5 nitrogen and oxygen atoms in total. The topological polar surface area (TPSA) is 71.6 Å². The summed E-state index contributed by atoms with van der Waals surface area (Å²) in [6, 6.07) is 0. The third-order valence-corrected chi connectivity index (χ3v) is 3.99. The van der Waals surface area contributed by atoms with E-state index in [0.717, 1.165) is 24.4 Å². The summed E-state index contributed by atoms with van der Waals surface area (Å²) >= 11 is 1.37. The molecule has 0 radical (unpaired) electrons. The number of aliphatic hydroxyl groups is 1. The summed E-state index contributed by atoms with van der Waals surface area (Å²) in [7, 11) is 2.01. The molecule has 1 saturated carbocycles. The third kappa shape index (κ3) is 2.63. The fraction of sp³-hybridized carbons (Fsp3) is 0.727. The van der Waals surface area contributed by atoms with Gasteiger partial charge in [0.05, 0.1) is 12.7 Å². The van der Waals surface area contributed by atoms with Crippen molar-refractivity contribution in [3.8, 4) is 5.75 Å². The van der Waals surface area contributed by atoms with Crippen molar-refractivity contribution in [3.05, 3.63) is 0 Å². The van der Waals surface area contributed by atoms with Crippen molar-refractivity contribution < 1.29 is 9.84 Å². The van der Waals surface area contributed by atoms with Gasteiger partial charge in [0.15, 0.2) is 16.6 Å². The van der Waals surface area contributed by atoms with Gasteiger partial charge in [-0.3, -0.25) is 0 Å². The lowest BCUT2D eigenvalue weighted by atomic mass is 9.82. The van der Waals surface area contributed by atoms with Gasteiger partial charge in [-0.1, -0.05) is 0 Å². The van der Waals surface area contributed by atoms with Crippen LogP contribution in [0.2, 0.25) is 0 Å². The summed E-state index contributed by atoms with van der Waals surface area (Å²) in [5.41, 5.74) is 5.77. The van der Waals surface area contributed by atoms with Crippen molar-refractivity contribution in [1.29, 1.82) is 0 Å². The Morgan fingerprint density at radius 1 is 1.59 bits per heavy atom. The fourth-order valence-electron chi connectivity index (χ4n) is 2.13.